The van der Waals surface area contributed by atoms with Gasteiger partial charge in [0, 0.05) is 8.42 Å². The van der Waals surface area contributed by atoms with E-state index in [0.717, 1.165) is 0 Å². The van der Waals surface area contributed by atoms with Gasteiger partial charge in [-0.2, -0.15) is 0 Å². The molecule has 0 saturated carbocycles. The van der Waals surface area contributed by atoms with E-state index in [1.165, 1.54) is 22.0 Å². The number of hydrogen-bond donors (Lipinski definition) is 0. The van der Waals surface area contributed by atoms with Gasteiger partial charge in [0.1, 0.15) is 0 Å². The van der Waals surface area contributed by atoms with Gasteiger partial charge >= 0.3 is 0 Å². The molecule has 1 aromatic heterocycles. The van der Waals surface area contributed by atoms with Crippen LogP contribution in [0.4, 0.5) is 0 Å². The Morgan fingerprint density at radius 2 is 1.82 bits per heavy atom. The average molecular weight is 272 g/mol. The highest BCUT2D eigenvalue weighted by Gasteiger charge is 1.91. The second-order valence-corrected chi connectivity index (χ2v) is 5.53. The van der Waals surface area contributed by atoms with Crippen molar-refractivity contribution in [2.45, 2.75) is 0 Å². The highest BCUT2D eigenvalue weighted by atomic mass is 127. The quantitative estimate of drug-likeness (QED) is 0.635. The van der Waals surface area contributed by atoms with Gasteiger partial charge in [-0.1, -0.05) is 32.5 Å². The maximum Gasteiger partial charge on any atom is 0.0408 e. The van der Waals surface area contributed by atoms with E-state index < -0.39 is 0 Å². The van der Waals surface area contributed by atoms with Crippen molar-refractivity contribution in [3.05, 3.63) is 39.7 Å². The third kappa shape index (κ3) is 1.54. The van der Waals surface area contributed by atoms with Gasteiger partial charge in [0.05, 0.1) is 0 Å². The summed E-state index contributed by atoms with van der Waals surface area (Å²) in [6.07, 6.45) is 0. The number of halogens is 1. The number of benzene rings is 1. The minimum Gasteiger partial charge on any atom is -0.0616 e. The second kappa shape index (κ2) is 3.08. The summed E-state index contributed by atoms with van der Waals surface area (Å²) in [5, 5.41) is 2.77. The van der Waals surface area contributed by atoms with Crippen LogP contribution in [-0.2, 0) is 0 Å². The van der Waals surface area contributed by atoms with E-state index >= 15 is 0 Å². The van der Waals surface area contributed by atoms with E-state index in [-0.39, 0.29) is 0 Å². The number of hydrogen-bond acceptors (Lipinski definition) is 0. The molecule has 2 rings (SSSR count). The first-order chi connectivity index (χ1) is 5.36. The molecule has 0 aliphatic carbocycles. The van der Waals surface area contributed by atoms with Gasteiger partial charge in [0.25, 0.3) is 0 Å². The van der Waals surface area contributed by atoms with Crippen molar-refractivity contribution in [1.82, 2.24) is 0 Å². The van der Waals surface area contributed by atoms with Crippen LogP contribution in [-0.4, -0.2) is 0 Å². The molecule has 2 heteroatoms. The topological polar surface area (TPSA) is 0 Å². The number of rotatable bonds is 0. The Kier molecular flexibility index (Phi) is 2.10. The van der Waals surface area contributed by atoms with Gasteiger partial charge in [0.15, 0.2) is 0 Å². The van der Waals surface area contributed by atoms with Crippen molar-refractivity contribution >= 4 is 41.3 Å². The Labute approximate surface area is 80.9 Å². The first-order valence-electron chi connectivity index (χ1n) is 3.37. The van der Waals surface area contributed by atoms with Crippen molar-refractivity contribution in [3.63, 3.8) is 0 Å². The van der Waals surface area contributed by atoms with Gasteiger partial charge in [-0.15, -0.1) is 0 Å². The molecule has 0 radical (unpaired) electrons. The van der Waals surface area contributed by atoms with Crippen molar-refractivity contribution in [2.24, 2.45) is 0 Å². The Bertz CT molecular complexity index is 384. The summed E-state index contributed by atoms with van der Waals surface area (Å²) >= 11 is 2.37. The zero-order chi connectivity index (χ0) is 7.68. The molecule has 0 bridgehead atoms. The van der Waals surface area contributed by atoms with E-state index in [0.29, 0.717) is 0 Å². The lowest BCUT2D eigenvalue weighted by Gasteiger charge is -1.95. The average Bonchev–Trinajstić information content (AvgIpc) is 2.04. The van der Waals surface area contributed by atoms with Crippen molar-refractivity contribution in [3.8, 4) is 0 Å². The molecule has 2 aromatic rings. The molecule has 0 amide bonds. The Morgan fingerprint density at radius 3 is 2.73 bits per heavy atom. The van der Waals surface area contributed by atoms with Crippen LogP contribution >= 0.6 is 30.8 Å². The van der Waals surface area contributed by atoms with Gasteiger partial charge in [-0.05, 0) is 40.1 Å². The maximum absolute atomic E-state index is 2.37. The SMILES string of the molecule is Ic1ccc2ccccc2p1. The summed E-state index contributed by atoms with van der Waals surface area (Å²) in [4.78, 5) is 0. The number of fused-ring (bicyclic) bond motifs is 1. The molecule has 54 valence electrons. The molecular weight excluding hydrogens is 266 g/mol. The molecule has 1 heterocycles. The lowest BCUT2D eigenvalue weighted by atomic mass is 10.2. The predicted molar refractivity (Wildman–Crippen MR) is 59.2 cm³/mol. The lowest BCUT2D eigenvalue weighted by Crippen LogP contribution is -1.66. The smallest absolute Gasteiger partial charge is 0.0408 e. The molecule has 0 unspecified atom stereocenters. The maximum atomic E-state index is 2.37. The van der Waals surface area contributed by atoms with Gasteiger partial charge in [-0.25, -0.2) is 0 Å². The Balaban J connectivity index is 2.83. The Hall–Kier alpha value is -0.140. The van der Waals surface area contributed by atoms with Crippen molar-refractivity contribution < 1.29 is 0 Å². The van der Waals surface area contributed by atoms with E-state index in [1.54, 1.807) is 0 Å². The van der Waals surface area contributed by atoms with Crippen molar-refractivity contribution in [2.75, 3.05) is 0 Å². The van der Waals surface area contributed by atoms with Crippen LogP contribution in [0.2, 0.25) is 0 Å². The van der Waals surface area contributed by atoms with Crippen LogP contribution in [0.5, 0.6) is 0 Å². The van der Waals surface area contributed by atoms with Crippen molar-refractivity contribution in [1.29, 1.82) is 0 Å². The predicted octanol–water partition coefficient (Wildman–Crippen LogP) is 4.02. The molecule has 0 aliphatic rings. The second-order valence-electron chi connectivity index (χ2n) is 2.33. The molecule has 0 saturated heterocycles. The van der Waals surface area contributed by atoms with Crippen LogP contribution < -0.4 is 0 Å². The summed E-state index contributed by atoms with van der Waals surface area (Å²) in [5.41, 5.74) is 0. The summed E-state index contributed by atoms with van der Waals surface area (Å²) in [6.45, 7) is 0. The van der Waals surface area contributed by atoms with Crippen LogP contribution in [0, 0.1) is 3.30 Å². The molecule has 0 aliphatic heterocycles. The molecule has 0 N–H and O–H groups in total. The molecular formula is C9H6IP. The van der Waals surface area contributed by atoms with Gasteiger partial charge in [0.2, 0.25) is 0 Å². The molecule has 0 nitrogen and oxygen atoms in total. The van der Waals surface area contributed by atoms with E-state index in [2.05, 4.69) is 59.0 Å². The first kappa shape index (κ1) is 7.51. The van der Waals surface area contributed by atoms with E-state index in [9.17, 15) is 0 Å². The minimum absolute atomic E-state index is 1.35. The fraction of sp³-hybridized carbons (Fsp3) is 0. The summed E-state index contributed by atoms with van der Waals surface area (Å²) < 4.78 is 1.39. The normalized spacial score (nSPS) is 11.0. The standard InChI is InChI=1S/C9H6IP/c10-9-6-5-7-3-1-2-4-8(7)11-9/h1-6H. The largest absolute Gasteiger partial charge is 0.0616 e. The molecule has 0 fully saturated rings. The van der Waals surface area contributed by atoms with Crippen LogP contribution in [0.25, 0.3) is 10.5 Å². The van der Waals surface area contributed by atoms with Crippen LogP contribution in [0.1, 0.15) is 0 Å². The highest BCUT2D eigenvalue weighted by molar-refractivity contribution is 14.1. The summed E-state index contributed by atoms with van der Waals surface area (Å²) in [7, 11) is 1.35. The zero-order valence-electron chi connectivity index (χ0n) is 5.79. The molecule has 0 spiro atoms. The molecule has 0 atom stereocenters. The molecule has 11 heavy (non-hydrogen) atoms. The summed E-state index contributed by atoms with van der Waals surface area (Å²) in [6, 6.07) is 12.9. The van der Waals surface area contributed by atoms with E-state index in [4.69, 9.17) is 0 Å². The third-order valence-electron chi connectivity index (χ3n) is 1.56. The van der Waals surface area contributed by atoms with Crippen LogP contribution in [0.15, 0.2) is 36.4 Å². The minimum atomic E-state index is 1.35. The zero-order valence-corrected chi connectivity index (χ0v) is 8.84. The molecule has 1 aromatic carbocycles. The Morgan fingerprint density at radius 1 is 1.00 bits per heavy atom. The highest BCUT2D eigenvalue weighted by Crippen LogP contribution is 2.27. The van der Waals surface area contributed by atoms with Gasteiger partial charge < -0.3 is 0 Å². The lowest BCUT2D eigenvalue weighted by molar-refractivity contribution is 1.81. The fourth-order valence-corrected chi connectivity index (χ4v) is 2.82. The summed E-state index contributed by atoms with van der Waals surface area (Å²) in [5.74, 6) is 0. The van der Waals surface area contributed by atoms with Crippen LogP contribution in [0.3, 0.4) is 0 Å². The first-order valence-corrected chi connectivity index (χ1v) is 5.35. The monoisotopic (exact) mass is 272 g/mol. The van der Waals surface area contributed by atoms with E-state index in [1.807, 2.05) is 0 Å². The fourth-order valence-electron chi connectivity index (χ4n) is 1.04. The third-order valence-corrected chi connectivity index (χ3v) is 3.66. The van der Waals surface area contributed by atoms with Gasteiger partial charge in [-0.3, -0.25) is 0 Å².